The third-order valence-electron chi connectivity index (χ3n) is 3.80. The summed E-state index contributed by atoms with van der Waals surface area (Å²) in [4.78, 5) is 44.5. The van der Waals surface area contributed by atoms with E-state index in [1.54, 1.807) is 0 Å². The Kier molecular flexibility index (Phi) is 5.42. The van der Waals surface area contributed by atoms with Crippen LogP contribution in [-0.2, 0) is 19.2 Å². The summed E-state index contributed by atoms with van der Waals surface area (Å²) >= 11 is 0. The summed E-state index contributed by atoms with van der Waals surface area (Å²) in [6.07, 6.45) is 0.0518. The molecule has 0 aromatic heterocycles. The van der Waals surface area contributed by atoms with Gasteiger partial charge in [0, 0.05) is 12.3 Å². The molecule has 21 heavy (non-hydrogen) atoms. The summed E-state index contributed by atoms with van der Waals surface area (Å²) in [5.41, 5.74) is -1.67. The molecule has 120 valence electrons. The third-order valence-corrected chi connectivity index (χ3v) is 3.80. The molecule has 0 bridgehead atoms. The molecule has 0 saturated heterocycles. The van der Waals surface area contributed by atoms with Crippen molar-refractivity contribution in [1.82, 2.24) is 6.15 Å². The van der Waals surface area contributed by atoms with Gasteiger partial charge in [0.15, 0.2) is 19.6 Å². The van der Waals surface area contributed by atoms with Crippen LogP contribution in [0.15, 0.2) is 0 Å². The molecule has 1 saturated carbocycles. The highest BCUT2D eigenvalue weighted by Crippen LogP contribution is 2.52. The number of carboxylic acid groups (broad SMARTS) is 4. The van der Waals surface area contributed by atoms with Crippen LogP contribution >= 0.6 is 0 Å². The quantitative estimate of drug-likeness (QED) is 0.354. The van der Waals surface area contributed by atoms with Gasteiger partial charge in [-0.05, 0) is 0 Å². The fourth-order valence-electron chi connectivity index (χ4n) is 2.94. The molecule has 0 heterocycles. The second-order valence-corrected chi connectivity index (χ2v) is 5.14. The SMILES string of the molecule is CC1CC1(C(=O)O)[N+](CC(=O)O)(CC(=O)O)CC(=O)O.N. The summed E-state index contributed by atoms with van der Waals surface area (Å²) < 4.78 is -1.02. The van der Waals surface area contributed by atoms with Gasteiger partial charge in [0.1, 0.15) is 0 Å². The molecule has 1 aliphatic rings. The lowest BCUT2D eigenvalue weighted by Gasteiger charge is -2.40. The molecule has 1 aliphatic carbocycles. The maximum atomic E-state index is 11.5. The van der Waals surface area contributed by atoms with Gasteiger partial charge in [0.25, 0.3) is 0 Å². The van der Waals surface area contributed by atoms with Gasteiger partial charge in [0.05, 0.1) is 0 Å². The van der Waals surface area contributed by atoms with Gasteiger partial charge in [-0.1, -0.05) is 6.92 Å². The van der Waals surface area contributed by atoms with Crippen molar-refractivity contribution in [1.29, 1.82) is 0 Å². The van der Waals surface area contributed by atoms with E-state index in [-0.39, 0.29) is 12.6 Å². The number of carboxylic acids is 4. The zero-order valence-corrected chi connectivity index (χ0v) is 11.5. The van der Waals surface area contributed by atoms with E-state index in [4.69, 9.17) is 15.3 Å². The summed E-state index contributed by atoms with van der Waals surface area (Å²) in [5.74, 6) is -6.17. The van der Waals surface area contributed by atoms with E-state index in [2.05, 4.69) is 0 Å². The lowest BCUT2D eigenvalue weighted by Crippen LogP contribution is -2.67. The van der Waals surface area contributed by atoms with E-state index in [9.17, 15) is 24.3 Å². The Balaban J connectivity index is 0.00000400. The molecule has 1 fully saturated rings. The first-order valence-electron chi connectivity index (χ1n) is 5.82. The normalized spacial score (nSPS) is 23.8. The lowest BCUT2D eigenvalue weighted by molar-refractivity contribution is -0.935. The van der Waals surface area contributed by atoms with Gasteiger partial charge in [-0.15, -0.1) is 0 Å². The van der Waals surface area contributed by atoms with Crippen LogP contribution in [-0.4, -0.2) is 74.0 Å². The lowest BCUT2D eigenvalue weighted by atomic mass is 10.1. The third kappa shape index (κ3) is 3.28. The van der Waals surface area contributed by atoms with Crippen LogP contribution in [0.2, 0.25) is 0 Å². The largest absolute Gasteiger partial charge is 0.477 e. The number of aliphatic carboxylic acids is 4. The van der Waals surface area contributed by atoms with Crippen molar-refractivity contribution in [2.45, 2.75) is 18.9 Å². The molecular weight excluding hydrogens is 288 g/mol. The Morgan fingerprint density at radius 1 is 0.952 bits per heavy atom. The van der Waals surface area contributed by atoms with Gasteiger partial charge >= 0.3 is 23.9 Å². The van der Waals surface area contributed by atoms with Crippen LogP contribution in [0.4, 0.5) is 0 Å². The van der Waals surface area contributed by atoms with E-state index in [0.29, 0.717) is 0 Å². The zero-order valence-electron chi connectivity index (χ0n) is 11.5. The van der Waals surface area contributed by atoms with Gasteiger partial charge in [0.2, 0.25) is 5.54 Å². The van der Waals surface area contributed by atoms with Crippen LogP contribution in [0, 0.1) is 5.92 Å². The maximum Gasteiger partial charge on any atom is 0.366 e. The van der Waals surface area contributed by atoms with Crippen LogP contribution < -0.4 is 6.15 Å². The molecule has 10 heteroatoms. The standard InChI is InChI=1S/C11H15NO8.H3N/c1-6-2-11(6,10(19)20)12(3-7(13)14,4-8(15)16)5-9(17)18;/h6H,2-5H2,1H3,(H3-,13,14,15,16,17,18,19,20);1H3/p+1. The molecule has 10 nitrogen and oxygen atoms in total. The van der Waals surface area contributed by atoms with E-state index >= 15 is 0 Å². The summed E-state index contributed by atoms with van der Waals surface area (Å²) in [7, 11) is 0. The predicted molar refractivity (Wildman–Crippen MR) is 66.9 cm³/mol. The number of carbonyl (C=O) groups is 4. The van der Waals surface area contributed by atoms with Crippen LogP contribution in [0.3, 0.4) is 0 Å². The smallest absolute Gasteiger partial charge is 0.366 e. The molecule has 2 atom stereocenters. The Morgan fingerprint density at radius 2 is 1.24 bits per heavy atom. The monoisotopic (exact) mass is 307 g/mol. The van der Waals surface area contributed by atoms with Crippen molar-refractivity contribution in [3.63, 3.8) is 0 Å². The summed E-state index contributed by atoms with van der Waals surface area (Å²) in [5, 5.41) is 36.2. The highest BCUT2D eigenvalue weighted by atomic mass is 16.4. The minimum absolute atomic E-state index is 0. The highest BCUT2D eigenvalue weighted by molar-refractivity contribution is 5.84. The van der Waals surface area contributed by atoms with Gasteiger partial charge < -0.3 is 26.6 Å². The molecule has 0 amide bonds. The highest BCUT2D eigenvalue weighted by Gasteiger charge is 2.73. The zero-order chi connectivity index (χ0) is 15.7. The first-order valence-corrected chi connectivity index (χ1v) is 5.82. The van der Waals surface area contributed by atoms with Crippen molar-refractivity contribution in [3.05, 3.63) is 0 Å². The van der Waals surface area contributed by atoms with Crippen LogP contribution in [0.1, 0.15) is 13.3 Å². The topological polar surface area (TPSA) is 184 Å². The Hall–Kier alpha value is -2.20. The molecular formula is C11H19N2O8+. The fourth-order valence-corrected chi connectivity index (χ4v) is 2.94. The van der Waals surface area contributed by atoms with E-state index in [1.165, 1.54) is 6.92 Å². The number of quaternary nitrogens is 1. The van der Waals surface area contributed by atoms with Crippen LogP contribution in [0.5, 0.6) is 0 Å². The Morgan fingerprint density at radius 3 is 1.38 bits per heavy atom. The summed E-state index contributed by atoms with van der Waals surface area (Å²) in [6.45, 7) is -1.06. The van der Waals surface area contributed by atoms with Crippen molar-refractivity contribution < 1.29 is 44.1 Å². The molecule has 0 spiro atoms. The fraction of sp³-hybridized carbons (Fsp3) is 0.636. The first kappa shape index (κ1) is 18.8. The van der Waals surface area contributed by atoms with Gasteiger partial charge in [-0.2, -0.15) is 0 Å². The van der Waals surface area contributed by atoms with Crippen LogP contribution in [0.25, 0.3) is 0 Å². The molecule has 7 N–H and O–H groups in total. The van der Waals surface area contributed by atoms with Crippen molar-refractivity contribution in [2.75, 3.05) is 19.6 Å². The molecule has 2 unspecified atom stereocenters. The van der Waals surface area contributed by atoms with Gasteiger partial charge in [-0.3, -0.25) is 4.48 Å². The molecule has 1 rings (SSSR count). The Bertz CT molecular complexity index is 436. The molecule has 0 radical (unpaired) electrons. The number of nitrogens with zero attached hydrogens (tertiary/aromatic N) is 1. The molecule has 0 aromatic rings. The predicted octanol–water partition coefficient (Wildman–Crippen LogP) is -0.918. The second-order valence-electron chi connectivity index (χ2n) is 5.14. The molecule has 0 aliphatic heterocycles. The minimum Gasteiger partial charge on any atom is -0.477 e. The van der Waals surface area contributed by atoms with Crippen molar-refractivity contribution in [2.24, 2.45) is 5.92 Å². The number of hydrogen-bond donors (Lipinski definition) is 5. The first-order chi connectivity index (χ1) is 9.07. The van der Waals surface area contributed by atoms with E-state index in [1.807, 2.05) is 0 Å². The Labute approximate surface area is 119 Å². The average molecular weight is 307 g/mol. The van der Waals surface area contributed by atoms with E-state index in [0.717, 1.165) is 0 Å². The van der Waals surface area contributed by atoms with Crippen molar-refractivity contribution >= 4 is 23.9 Å². The average Bonchev–Trinajstić information content (AvgIpc) is 2.88. The summed E-state index contributed by atoms with van der Waals surface area (Å²) in [6, 6.07) is 0. The second kappa shape index (κ2) is 6.06. The van der Waals surface area contributed by atoms with Crippen molar-refractivity contribution in [3.8, 4) is 0 Å². The van der Waals surface area contributed by atoms with E-state index < -0.39 is 59.5 Å². The number of hydrogen-bond acceptors (Lipinski definition) is 5. The van der Waals surface area contributed by atoms with Gasteiger partial charge in [-0.25, -0.2) is 19.2 Å². The minimum atomic E-state index is -1.67. The molecule has 0 aromatic carbocycles. The number of rotatable bonds is 8. The maximum absolute atomic E-state index is 11.5.